The largest absolute Gasteiger partial charge is 0.396 e. The second-order valence-corrected chi connectivity index (χ2v) is 6.52. The lowest BCUT2D eigenvalue weighted by Gasteiger charge is -2.35. The van der Waals surface area contributed by atoms with Crippen LogP contribution >= 0.6 is 0 Å². The van der Waals surface area contributed by atoms with E-state index in [4.69, 9.17) is 11.6 Å². The summed E-state index contributed by atoms with van der Waals surface area (Å²) in [5.41, 5.74) is 9.35. The first kappa shape index (κ1) is 17.1. The third kappa shape index (κ3) is 3.23. The molecule has 27 heavy (non-hydrogen) atoms. The van der Waals surface area contributed by atoms with Crippen molar-refractivity contribution >= 4 is 28.2 Å². The van der Waals surface area contributed by atoms with E-state index in [1.807, 2.05) is 24.3 Å². The van der Waals surface area contributed by atoms with E-state index in [1.165, 1.54) is 5.01 Å². The number of carbonyl (C=O) groups excluding carboxylic acids is 1. The van der Waals surface area contributed by atoms with Crippen molar-refractivity contribution in [2.75, 3.05) is 18.1 Å². The number of likely N-dealkylation sites (tertiary alicyclic amines) is 1. The summed E-state index contributed by atoms with van der Waals surface area (Å²) in [6.45, 7) is 0.751. The molecule has 6 N–H and O–H groups in total. The van der Waals surface area contributed by atoms with Crippen LogP contribution in [0.4, 0.5) is 5.69 Å². The molecule has 8 nitrogen and oxygen atoms in total. The van der Waals surface area contributed by atoms with Gasteiger partial charge in [-0.2, -0.15) is 5.10 Å². The van der Waals surface area contributed by atoms with Gasteiger partial charge in [-0.05, 0) is 30.3 Å². The number of H-pyrrole nitrogens is 1. The number of aromatic amines is 1. The Morgan fingerprint density at radius 1 is 1.22 bits per heavy atom. The summed E-state index contributed by atoms with van der Waals surface area (Å²) in [5.74, 6) is 5.99. The van der Waals surface area contributed by atoms with Gasteiger partial charge in [0.2, 0.25) is 0 Å². The third-order valence-corrected chi connectivity index (χ3v) is 4.58. The van der Waals surface area contributed by atoms with E-state index >= 15 is 0 Å². The highest BCUT2D eigenvalue weighted by molar-refractivity contribution is 5.95. The number of hydrogen-bond donors (Lipinski definition) is 4. The Hall–Kier alpha value is -3.36. The van der Waals surface area contributed by atoms with Gasteiger partial charge in [-0.15, -0.1) is 0 Å². The molecule has 1 aliphatic rings. The van der Waals surface area contributed by atoms with Crippen molar-refractivity contribution in [1.82, 2.24) is 15.1 Å². The molecule has 4 rings (SSSR count). The van der Waals surface area contributed by atoms with E-state index in [0.29, 0.717) is 35.7 Å². The first-order chi connectivity index (χ1) is 13.0. The van der Waals surface area contributed by atoms with E-state index in [2.05, 4.69) is 10.2 Å². The molecule has 1 fully saturated rings. The van der Waals surface area contributed by atoms with Gasteiger partial charge in [-0.1, -0.05) is 18.2 Å². The van der Waals surface area contributed by atoms with Gasteiger partial charge in [-0.3, -0.25) is 14.9 Å². The first-order valence-electron chi connectivity index (χ1n) is 8.55. The van der Waals surface area contributed by atoms with E-state index in [-0.39, 0.29) is 5.91 Å². The molecule has 0 radical (unpaired) electrons. The van der Waals surface area contributed by atoms with Crippen LogP contribution in [0.5, 0.6) is 0 Å². The first-order valence-corrected chi connectivity index (χ1v) is 8.55. The van der Waals surface area contributed by atoms with Gasteiger partial charge in [0.05, 0.1) is 23.0 Å². The van der Waals surface area contributed by atoms with E-state index in [1.54, 1.807) is 35.4 Å². The number of anilines is 1. The number of hydrogen-bond acceptors (Lipinski definition) is 6. The summed E-state index contributed by atoms with van der Waals surface area (Å²) in [4.78, 5) is 13.8. The molecule has 0 spiro atoms. The predicted octanol–water partition coefficient (Wildman–Crippen LogP) is 1.02. The zero-order valence-corrected chi connectivity index (χ0v) is 14.5. The highest BCUT2D eigenvalue weighted by Gasteiger charge is 2.29. The van der Waals surface area contributed by atoms with Crippen LogP contribution in [0.15, 0.2) is 54.7 Å². The van der Waals surface area contributed by atoms with Crippen molar-refractivity contribution in [2.45, 2.75) is 6.10 Å². The lowest BCUT2D eigenvalue weighted by atomic mass is 10.1. The van der Waals surface area contributed by atoms with Crippen LogP contribution in [0.1, 0.15) is 16.1 Å². The van der Waals surface area contributed by atoms with Gasteiger partial charge in [-0.25, -0.2) is 5.84 Å². The number of nitrogens with zero attached hydrogens (tertiary/aromatic N) is 3. The Kier molecular flexibility index (Phi) is 4.27. The van der Waals surface area contributed by atoms with Crippen molar-refractivity contribution in [3.63, 3.8) is 0 Å². The van der Waals surface area contributed by atoms with Gasteiger partial charge in [0.25, 0.3) is 5.91 Å². The minimum Gasteiger partial charge on any atom is -0.396 e. The highest BCUT2D eigenvalue weighted by atomic mass is 16.3. The van der Waals surface area contributed by atoms with E-state index in [9.17, 15) is 9.90 Å². The molecule has 0 unspecified atom stereocenters. The summed E-state index contributed by atoms with van der Waals surface area (Å²) in [5, 5.41) is 18.8. The molecule has 0 aliphatic carbocycles. The average molecular weight is 364 g/mol. The molecule has 1 aromatic heterocycles. The minimum absolute atomic E-state index is 0.103. The number of nitrogens with one attached hydrogen (secondary N) is 1. The normalized spacial score (nSPS) is 15.0. The lowest BCUT2D eigenvalue weighted by molar-refractivity contribution is 0.00590. The molecule has 0 bridgehead atoms. The van der Waals surface area contributed by atoms with E-state index < -0.39 is 6.10 Å². The second kappa shape index (κ2) is 6.75. The summed E-state index contributed by atoms with van der Waals surface area (Å²) < 4.78 is 0. The van der Waals surface area contributed by atoms with Gasteiger partial charge >= 0.3 is 0 Å². The predicted molar refractivity (Wildman–Crippen MR) is 103 cm³/mol. The van der Waals surface area contributed by atoms with Gasteiger partial charge in [0.1, 0.15) is 5.69 Å². The molecule has 1 aliphatic heterocycles. The second-order valence-electron chi connectivity index (χ2n) is 6.52. The standard InChI is InChI=1S/C19H20N6O2/c20-16(18-15-3-1-2-4-17(15)22-23-18)11-25(21)13-7-5-12(6-8-13)19(27)24-9-14(26)10-24/h1-8,11,14,26H,9-10,20-21H2,(H,22,23)/b16-11-. The average Bonchev–Trinajstić information content (AvgIpc) is 3.09. The monoisotopic (exact) mass is 364 g/mol. The van der Waals surface area contributed by atoms with Crippen molar-refractivity contribution < 1.29 is 9.90 Å². The molecule has 2 heterocycles. The zero-order chi connectivity index (χ0) is 19.0. The molecule has 1 saturated heterocycles. The van der Waals surface area contributed by atoms with Gasteiger partial charge in [0, 0.05) is 30.2 Å². The number of benzene rings is 2. The molecular weight excluding hydrogens is 344 g/mol. The van der Waals surface area contributed by atoms with E-state index in [0.717, 1.165) is 10.9 Å². The molecule has 2 aromatic carbocycles. The number of hydrazine groups is 1. The smallest absolute Gasteiger partial charge is 0.254 e. The number of β-amino-alcohol motifs (C(OH)–C–C–N with tert-alkyl or cyclic N) is 1. The number of amides is 1. The fourth-order valence-electron chi connectivity index (χ4n) is 3.05. The van der Waals surface area contributed by atoms with Crippen LogP contribution in [0.25, 0.3) is 16.6 Å². The molecule has 138 valence electrons. The van der Waals surface area contributed by atoms with Crippen molar-refractivity contribution in [3.05, 3.63) is 66.0 Å². The Balaban J connectivity index is 1.51. The Bertz CT molecular complexity index is 1000. The molecule has 0 saturated carbocycles. The number of carbonyl (C=O) groups is 1. The highest BCUT2D eigenvalue weighted by Crippen LogP contribution is 2.21. The maximum Gasteiger partial charge on any atom is 0.254 e. The van der Waals surface area contributed by atoms with Crippen molar-refractivity contribution in [2.24, 2.45) is 11.6 Å². The Labute approximate surface area is 155 Å². The number of fused-ring (bicyclic) bond motifs is 1. The zero-order valence-electron chi connectivity index (χ0n) is 14.5. The van der Waals surface area contributed by atoms with Crippen LogP contribution in [0, 0.1) is 0 Å². The maximum atomic E-state index is 12.2. The van der Waals surface area contributed by atoms with Crippen LogP contribution in [-0.4, -0.2) is 45.3 Å². The minimum atomic E-state index is -0.418. The van der Waals surface area contributed by atoms with Gasteiger partial charge < -0.3 is 15.7 Å². The maximum absolute atomic E-state index is 12.2. The molecule has 0 atom stereocenters. The number of aliphatic hydroxyl groups excluding tert-OH is 1. The number of aliphatic hydroxyl groups is 1. The van der Waals surface area contributed by atoms with Crippen LogP contribution in [-0.2, 0) is 0 Å². The van der Waals surface area contributed by atoms with Crippen LogP contribution in [0.2, 0.25) is 0 Å². The quantitative estimate of drug-likeness (QED) is 0.405. The van der Waals surface area contributed by atoms with Crippen LogP contribution < -0.4 is 16.6 Å². The topological polar surface area (TPSA) is 124 Å². The SMILES string of the molecule is N/C(=C\N(N)c1ccc(C(=O)N2CC(O)C2)cc1)c1n[nH]c2ccccc12. The molecule has 3 aromatic rings. The number of rotatable bonds is 4. The molecular formula is C19H20N6O2. The molecule has 1 amide bonds. The van der Waals surface area contributed by atoms with Crippen molar-refractivity contribution in [3.8, 4) is 0 Å². The third-order valence-electron chi connectivity index (χ3n) is 4.58. The Morgan fingerprint density at radius 3 is 2.63 bits per heavy atom. The number of nitrogens with two attached hydrogens (primary N) is 2. The summed E-state index contributed by atoms with van der Waals surface area (Å²) in [6.07, 6.45) is 1.17. The van der Waals surface area contributed by atoms with Crippen molar-refractivity contribution in [1.29, 1.82) is 0 Å². The Morgan fingerprint density at radius 2 is 1.93 bits per heavy atom. The summed E-state index contributed by atoms with van der Waals surface area (Å²) >= 11 is 0. The number of para-hydroxylation sites is 1. The lowest BCUT2D eigenvalue weighted by Crippen LogP contribution is -2.53. The fraction of sp³-hybridized carbons (Fsp3) is 0.158. The summed E-state index contributed by atoms with van der Waals surface area (Å²) in [6, 6.07) is 14.6. The number of aromatic nitrogens is 2. The summed E-state index contributed by atoms with van der Waals surface area (Å²) in [7, 11) is 0. The van der Waals surface area contributed by atoms with Crippen LogP contribution in [0.3, 0.4) is 0 Å². The van der Waals surface area contributed by atoms with Gasteiger partial charge in [0.15, 0.2) is 0 Å². The fourth-order valence-corrected chi connectivity index (χ4v) is 3.05. The molecule has 8 heteroatoms.